The Bertz CT molecular complexity index is 180. The second kappa shape index (κ2) is 6.42. The molecule has 0 saturated carbocycles. The number of carbonyl (C=O) groups is 2. The summed E-state index contributed by atoms with van der Waals surface area (Å²) in [5.74, 6) is -0.566. The van der Waals surface area contributed by atoms with Gasteiger partial charge in [0.2, 0.25) is 11.8 Å². The number of hydrogen-bond acceptors (Lipinski definition) is 3. The van der Waals surface area contributed by atoms with Gasteiger partial charge in [0.25, 0.3) is 0 Å². The van der Waals surface area contributed by atoms with Crippen LogP contribution in [0.1, 0.15) is 12.8 Å². The van der Waals surface area contributed by atoms with Gasteiger partial charge in [0, 0.05) is 25.9 Å². The maximum Gasteiger partial charge on any atom is 0.220 e. The summed E-state index contributed by atoms with van der Waals surface area (Å²) in [5, 5.41) is 2.68. The third-order valence-electron chi connectivity index (χ3n) is 1.48. The van der Waals surface area contributed by atoms with Crippen LogP contribution in [0, 0.1) is 0 Å². The van der Waals surface area contributed by atoms with Crippen molar-refractivity contribution in [3.8, 4) is 0 Å². The molecule has 0 heterocycles. The number of carbonyl (C=O) groups excluding carboxylic acids is 2. The van der Waals surface area contributed by atoms with Crippen LogP contribution in [0.5, 0.6) is 0 Å². The highest BCUT2D eigenvalue weighted by molar-refractivity contribution is 5.82. The fraction of sp³-hybridized carbons (Fsp3) is 0.750. The van der Waals surface area contributed by atoms with Crippen LogP contribution in [0.4, 0.5) is 0 Å². The van der Waals surface area contributed by atoms with Crippen molar-refractivity contribution in [2.24, 2.45) is 5.73 Å². The molecular weight excluding hydrogens is 170 g/mol. The van der Waals surface area contributed by atoms with E-state index in [4.69, 9.17) is 5.73 Å². The number of primary amides is 1. The minimum absolute atomic E-state index is 0.119. The Balaban J connectivity index is 3.36. The molecule has 76 valence electrons. The van der Waals surface area contributed by atoms with E-state index in [1.165, 1.54) is 0 Å². The van der Waals surface area contributed by atoms with Crippen molar-refractivity contribution in [3.05, 3.63) is 0 Å². The SMILES string of the molecule is CN(C)CCNC(=O)CCC(N)=O. The summed E-state index contributed by atoms with van der Waals surface area (Å²) >= 11 is 0. The molecular formula is C8H17N3O2. The van der Waals surface area contributed by atoms with Gasteiger partial charge in [0.1, 0.15) is 0 Å². The third-order valence-corrected chi connectivity index (χ3v) is 1.48. The predicted molar refractivity (Wildman–Crippen MR) is 50.0 cm³/mol. The lowest BCUT2D eigenvalue weighted by Crippen LogP contribution is -2.31. The van der Waals surface area contributed by atoms with E-state index in [1.54, 1.807) is 0 Å². The summed E-state index contributed by atoms with van der Waals surface area (Å²) in [5.41, 5.74) is 4.89. The third kappa shape index (κ3) is 8.81. The molecule has 0 spiro atoms. The summed E-state index contributed by atoms with van der Waals surface area (Å²) in [6.45, 7) is 1.40. The summed E-state index contributed by atoms with van der Waals surface area (Å²) < 4.78 is 0. The number of likely N-dealkylation sites (N-methyl/N-ethyl adjacent to an activating group) is 1. The average molecular weight is 187 g/mol. The van der Waals surface area contributed by atoms with E-state index < -0.39 is 5.91 Å². The first-order chi connectivity index (χ1) is 6.02. The first-order valence-corrected chi connectivity index (χ1v) is 4.22. The van der Waals surface area contributed by atoms with Gasteiger partial charge in [0.05, 0.1) is 0 Å². The molecule has 0 saturated heterocycles. The number of rotatable bonds is 6. The van der Waals surface area contributed by atoms with Gasteiger partial charge in [0.15, 0.2) is 0 Å². The topological polar surface area (TPSA) is 75.4 Å². The first-order valence-electron chi connectivity index (χ1n) is 4.22. The van der Waals surface area contributed by atoms with E-state index in [9.17, 15) is 9.59 Å². The van der Waals surface area contributed by atoms with Crippen molar-refractivity contribution in [2.75, 3.05) is 27.2 Å². The largest absolute Gasteiger partial charge is 0.370 e. The molecule has 0 aromatic rings. The van der Waals surface area contributed by atoms with E-state index in [1.807, 2.05) is 19.0 Å². The van der Waals surface area contributed by atoms with E-state index in [-0.39, 0.29) is 18.7 Å². The molecule has 0 radical (unpaired) electrons. The molecule has 0 atom stereocenters. The van der Waals surface area contributed by atoms with Crippen molar-refractivity contribution >= 4 is 11.8 Å². The Hall–Kier alpha value is -1.10. The average Bonchev–Trinajstić information content (AvgIpc) is 2.00. The fourth-order valence-corrected chi connectivity index (χ4v) is 0.744. The van der Waals surface area contributed by atoms with Crippen LogP contribution in [0.25, 0.3) is 0 Å². The maximum absolute atomic E-state index is 11.0. The number of nitrogens with one attached hydrogen (secondary N) is 1. The highest BCUT2D eigenvalue weighted by Gasteiger charge is 2.02. The smallest absolute Gasteiger partial charge is 0.220 e. The second-order valence-electron chi connectivity index (χ2n) is 3.12. The van der Waals surface area contributed by atoms with E-state index in [2.05, 4.69) is 5.32 Å². The Morgan fingerprint density at radius 3 is 2.38 bits per heavy atom. The highest BCUT2D eigenvalue weighted by atomic mass is 16.2. The van der Waals surface area contributed by atoms with Crippen LogP contribution in [0.15, 0.2) is 0 Å². The van der Waals surface area contributed by atoms with E-state index in [0.29, 0.717) is 6.54 Å². The van der Waals surface area contributed by atoms with Crippen LogP contribution in [0.2, 0.25) is 0 Å². The van der Waals surface area contributed by atoms with Crippen molar-refractivity contribution in [2.45, 2.75) is 12.8 Å². The van der Waals surface area contributed by atoms with Crippen LogP contribution in [-0.4, -0.2) is 43.9 Å². The monoisotopic (exact) mass is 187 g/mol. The zero-order valence-electron chi connectivity index (χ0n) is 8.17. The second-order valence-corrected chi connectivity index (χ2v) is 3.12. The van der Waals surface area contributed by atoms with Crippen LogP contribution in [0.3, 0.4) is 0 Å². The zero-order valence-corrected chi connectivity index (χ0v) is 8.17. The Morgan fingerprint density at radius 1 is 1.31 bits per heavy atom. The minimum atomic E-state index is -0.442. The summed E-state index contributed by atoms with van der Waals surface area (Å²) in [6.07, 6.45) is 0.302. The van der Waals surface area contributed by atoms with Crippen LogP contribution >= 0.6 is 0 Å². The van der Waals surface area contributed by atoms with Gasteiger partial charge in [-0.3, -0.25) is 9.59 Å². The van der Waals surface area contributed by atoms with Gasteiger partial charge in [-0.2, -0.15) is 0 Å². The van der Waals surface area contributed by atoms with Crippen LogP contribution in [-0.2, 0) is 9.59 Å². The quantitative estimate of drug-likeness (QED) is 0.556. The number of nitrogens with two attached hydrogens (primary N) is 1. The minimum Gasteiger partial charge on any atom is -0.370 e. The lowest BCUT2D eigenvalue weighted by molar-refractivity contribution is -0.125. The molecule has 0 fully saturated rings. The Kier molecular flexibility index (Phi) is 5.88. The standard InChI is InChI=1S/C8H17N3O2/c1-11(2)6-5-10-8(13)4-3-7(9)12/h3-6H2,1-2H3,(H2,9,12)(H,10,13). The number of amides is 2. The van der Waals surface area contributed by atoms with Crippen molar-refractivity contribution in [1.82, 2.24) is 10.2 Å². The molecule has 5 heteroatoms. The highest BCUT2D eigenvalue weighted by Crippen LogP contribution is 1.86. The molecule has 0 aliphatic rings. The predicted octanol–water partition coefficient (Wildman–Crippen LogP) is -1.07. The zero-order chi connectivity index (χ0) is 10.3. The van der Waals surface area contributed by atoms with Gasteiger partial charge < -0.3 is 16.0 Å². The fourth-order valence-electron chi connectivity index (χ4n) is 0.744. The molecule has 2 amide bonds. The van der Waals surface area contributed by atoms with Gasteiger partial charge in [-0.1, -0.05) is 0 Å². The Labute approximate surface area is 78.3 Å². The van der Waals surface area contributed by atoms with Gasteiger partial charge in [-0.05, 0) is 14.1 Å². The molecule has 5 nitrogen and oxygen atoms in total. The molecule has 0 aliphatic carbocycles. The molecule has 3 N–H and O–H groups in total. The molecule has 0 aliphatic heterocycles. The molecule has 0 aromatic carbocycles. The summed E-state index contributed by atoms with van der Waals surface area (Å²) in [4.78, 5) is 23.3. The van der Waals surface area contributed by atoms with Crippen molar-refractivity contribution in [1.29, 1.82) is 0 Å². The van der Waals surface area contributed by atoms with Crippen LogP contribution < -0.4 is 11.1 Å². The molecule has 0 rings (SSSR count). The van der Waals surface area contributed by atoms with E-state index >= 15 is 0 Å². The van der Waals surface area contributed by atoms with Crippen molar-refractivity contribution in [3.63, 3.8) is 0 Å². The molecule has 0 bridgehead atoms. The van der Waals surface area contributed by atoms with Gasteiger partial charge in [-0.25, -0.2) is 0 Å². The molecule has 0 aromatic heterocycles. The maximum atomic E-state index is 11.0. The van der Waals surface area contributed by atoms with Gasteiger partial charge in [-0.15, -0.1) is 0 Å². The van der Waals surface area contributed by atoms with Gasteiger partial charge >= 0.3 is 0 Å². The normalized spacial score (nSPS) is 10.1. The number of nitrogens with zero attached hydrogens (tertiary/aromatic N) is 1. The lowest BCUT2D eigenvalue weighted by atomic mass is 10.3. The molecule has 0 unspecified atom stereocenters. The summed E-state index contributed by atoms with van der Waals surface area (Å²) in [6, 6.07) is 0. The van der Waals surface area contributed by atoms with Crippen molar-refractivity contribution < 1.29 is 9.59 Å². The number of hydrogen-bond donors (Lipinski definition) is 2. The van der Waals surface area contributed by atoms with E-state index in [0.717, 1.165) is 6.54 Å². The Morgan fingerprint density at radius 2 is 1.92 bits per heavy atom. The molecule has 13 heavy (non-hydrogen) atoms. The lowest BCUT2D eigenvalue weighted by Gasteiger charge is -2.09. The summed E-state index contributed by atoms with van der Waals surface area (Å²) in [7, 11) is 3.85. The first kappa shape index (κ1) is 11.9.